The van der Waals surface area contributed by atoms with Gasteiger partial charge in [0.15, 0.2) is 0 Å². The van der Waals surface area contributed by atoms with Crippen LogP contribution in [0.3, 0.4) is 0 Å². The molecule has 2 aliphatic rings. The number of carbonyl (C=O) groups is 1. The first-order valence-corrected chi connectivity index (χ1v) is 6.42. The molecule has 0 aromatic heterocycles. The first-order chi connectivity index (χ1) is 8.15. The average molecular weight is 242 g/mol. The van der Waals surface area contributed by atoms with Gasteiger partial charge in [0.25, 0.3) is 0 Å². The Bertz CT molecular complexity index is 277. The summed E-state index contributed by atoms with van der Waals surface area (Å²) >= 11 is 0. The first kappa shape index (κ1) is 12.6. The van der Waals surface area contributed by atoms with Crippen molar-refractivity contribution in [1.82, 2.24) is 10.2 Å². The molecule has 98 valence electrons. The zero-order valence-corrected chi connectivity index (χ0v) is 10.7. The van der Waals surface area contributed by atoms with Gasteiger partial charge in [0.1, 0.15) is 6.10 Å². The van der Waals surface area contributed by atoms with Crippen molar-refractivity contribution in [2.75, 3.05) is 33.3 Å². The van der Waals surface area contributed by atoms with E-state index in [9.17, 15) is 4.79 Å². The van der Waals surface area contributed by atoms with E-state index in [0.29, 0.717) is 13.2 Å². The summed E-state index contributed by atoms with van der Waals surface area (Å²) < 4.78 is 11.3. The van der Waals surface area contributed by atoms with E-state index in [1.54, 1.807) is 11.9 Å². The Morgan fingerprint density at radius 3 is 2.88 bits per heavy atom. The summed E-state index contributed by atoms with van der Waals surface area (Å²) in [5, 5.41) is 3.32. The minimum absolute atomic E-state index is 0.0407. The maximum atomic E-state index is 11.6. The molecule has 2 heterocycles. The number of ether oxygens (including phenoxy) is 2. The summed E-state index contributed by atoms with van der Waals surface area (Å²) in [6, 6.07) is 0. The molecule has 0 bridgehead atoms. The highest BCUT2D eigenvalue weighted by Gasteiger charge is 2.42. The third-order valence-corrected chi connectivity index (χ3v) is 3.74. The summed E-state index contributed by atoms with van der Waals surface area (Å²) in [6.45, 7) is 5.14. The maximum absolute atomic E-state index is 11.6. The van der Waals surface area contributed by atoms with Gasteiger partial charge in [-0.1, -0.05) is 0 Å². The number of nitrogens with one attached hydrogen (secondary N) is 1. The predicted octanol–water partition coefficient (Wildman–Crippen LogP) is 0.986. The van der Waals surface area contributed by atoms with Gasteiger partial charge < -0.3 is 19.7 Å². The van der Waals surface area contributed by atoms with Gasteiger partial charge in [0.2, 0.25) is 0 Å². The van der Waals surface area contributed by atoms with E-state index in [4.69, 9.17) is 9.47 Å². The van der Waals surface area contributed by atoms with Crippen LogP contribution in [0.1, 0.15) is 26.2 Å². The smallest absolute Gasteiger partial charge is 0.409 e. The molecule has 1 N–H and O–H groups in total. The minimum Gasteiger partial charge on any atom is -0.444 e. The van der Waals surface area contributed by atoms with E-state index < -0.39 is 0 Å². The molecule has 0 radical (unpaired) electrons. The molecule has 1 spiro atoms. The quantitative estimate of drug-likeness (QED) is 0.784. The lowest BCUT2D eigenvalue weighted by Gasteiger charge is -2.32. The van der Waals surface area contributed by atoms with E-state index >= 15 is 0 Å². The van der Waals surface area contributed by atoms with Crippen molar-refractivity contribution in [1.29, 1.82) is 0 Å². The lowest BCUT2D eigenvalue weighted by atomic mass is 9.89. The molecule has 0 aromatic carbocycles. The third kappa shape index (κ3) is 2.90. The molecule has 0 aliphatic carbocycles. The van der Waals surface area contributed by atoms with Gasteiger partial charge in [-0.15, -0.1) is 0 Å². The number of amides is 1. The molecule has 1 atom stereocenters. The van der Waals surface area contributed by atoms with E-state index in [0.717, 1.165) is 32.4 Å². The molecule has 0 aromatic rings. The Balaban J connectivity index is 1.83. The predicted molar refractivity (Wildman–Crippen MR) is 64.0 cm³/mol. The Morgan fingerprint density at radius 1 is 1.53 bits per heavy atom. The molecule has 2 rings (SSSR count). The Hall–Kier alpha value is -0.810. The summed E-state index contributed by atoms with van der Waals surface area (Å²) in [7, 11) is 1.75. The number of hydrogen-bond donors (Lipinski definition) is 1. The van der Waals surface area contributed by atoms with Crippen molar-refractivity contribution in [3.8, 4) is 0 Å². The summed E-state index contributed by atoms with van der Waals surface area (Å²) in [5.74, 6) is 0. The lowest BCUT2D eigenvalue weighted by Crippen LogP contribution is -2.41. The standard InChI is InChI=1S/C12H22N2O3/c1-3-14(2)11(15)17-10-8-12(16-9-10)4-6-13-7-5-12/h10,13H,3-9H2,1-2H3. The molecule has 5 heteroatoms. The number of piperidine rings is 1. The van der Waals surface area contributed by atoms with Crippen LogP contribution in [0.25, 0.3) is 0 Å². The van der Waals surface area contributed by atoms with Crippen molar-refractivity contribution in [3.63, 3.8) is 0 Å². The van der Waals surface area contributed by atoms with E-state index in [2.05, 4.69) is 5.32 Å². The summed E-state index contributed by atoms with van der Waals surface area (Å²) in [4.78, 5) is 13.2. The van der Waals surface area contributed by atoms with Crippen molar-refractivity contribution < 1.29 is 14.3 Å². The summed E-state index contributed by atoms with van der Waals surface area (Å²) in [5.41, 5.74) is -0.0407. The summed E-state index contributed by atoms with van der Waals surface area (Å²) in [6.07, 6.45) is 2.56. The number of carbonyl (C=O) groups excluding carboxylic acids is 1. The maximum Gasteiger partial charge on any atom is 0.409 e. The fourth-order valence-corrected chi connectivity index (χ4v) is 2.47. The van der Waals surface area contributed by atoms with E-state index in [1.807, 2.05) is 6.92 Å². The second-order valence-corrected chi connectivity index (χ2v) is 4.97. The first-order valence-electron chi connectivity index (χ1n) is 6.42. The van der Waals surface area contributed by atoms with Crippen LogP contribution >= 0.6 is 0 Å². The molecular formula is C12H22N2O3. The molecular weight excluding hydrogens is 220 g/mol. The van der Waals surface area contributed by atoms with Crippen LogP contribution < -0.4 is 5.32 Å². The van der Waals surface area contributed by atoms with Gasteiger partial charge in [-0.3, -0.25) is 0 Å². The van der Waals surface area contributed by atoms with Crippen LogP contribution in [0.4, 0.5) is 4.79 Å². The van der Waals surface area contributed by atoms with Gasteiger partial charge in [0, 0.05) is 20.0 Å². The van der Waals surface area contributed by atoms with Crippen LogP contribution in [-0.2, 0) is 9.47 Å². The fourth-order valence-electron chi connectivity index (χ4n) is 2.47. The topological polar surface area (TPSA) is 50.8 Å². The SMILES string of the molecule is CCN(C)C(=O)OC1COC2(CCNCC2)C1. The van der Waals surface area contributed by atoms with E-state index in [1.165, 1.54) is 0 Å². The van der Waals surface area contributed by atoms with Gasteiger partial charge in [-0.05, 0) is 32.9 Å². The molecule has 0 saturated carbocycles. The highest BCUT2D eigenvalue weighted by atomic mass is 16.6. The number of rotatable bonds is 2. The lowest BCUT2D eigenvalue weighted by molar-refractivity contribution is -0.0216. The molecule has 2 fully saturated rings. The molecule has 5 nitrogen and oxygen atoms in total. The Labute approximate surface area is 102 Å². The van der Waals surface area contributed by atoms with Crippen LogP contribution in [-0.4, -0.2) is 56.0 Å². The van der Waals surface area contributed by atoms with Crippen LogP contribution in [0.2, 0.25) is 0 Å². The molecule has 1 amide bonds. The van der Waals surface area contributed by atoms with Gasteiger partial charge in [-0.25, -0.2) is 4.79 Å². The van der Waals surface area contributed by atoms with Crippen molar-refractivity contribution in [3.05, 3.63) is 0 Å². The molecule has 17 heavy (non-hydrogen) atoms. The van der Waals surface area contributed by atoms with Crippen LogP contribution in [0.15, 0.2) is 0 Å². The Kier molecular flexibility index (Phi) is 3.89. The highest BCUT2D eigenvalue weighted by molar-refractivity contribution is 5.67. The second-order valence-electron chi connectivity index (χ2n) is 4.97. The molecule has 1 unspecified atom stereocenters. The Morgan fingerprint density at radius 2 is 2.24 bits per heavy atom. The normalized spacial score (nSPS) is 27.1. The second kappa shape index (κ2) is 5.23. The monoisotopic (exact) mass is 242 g/mol. The van der Waals surface area contributed by atoms with Gasteiger partial charge in [-0.2, -0.15) is 0 Å². The highest BCUT2D eigenvalue weighted by Crippen LogP contribution is 2.35. The minimum atomic E-state index is -0.243. The zero-order chi connectivity index (χ0) is 12.3. The zero-order valence-electron chi connectivity index (χ0n) is 10.7. The van der Waals surface area contributed by atoms with Gasteiger partial charge >= 0.3 is 6.09 Å². The number of hydrogen-bond acceptors (Lipinski definition) is 4. The van der Waals surface area contributed by atoms with Gasteiger partial charge in [0.05, 0.1) is 12.2 Å². The van der Waals surface area contributed by atoms with Crippen LogP contribution in [0, 0.1) is 0 Å². The van der Waals surface area contributed by atoms with E-state index in [-0.39, 0.29) is 17.8 Å². The fraction of sp³-hybridized carbons (Fsp3) is 0.917. The number of nitrogens with zero attached hydrogens (tertiary/aromatic N) is 1. The van der Waals surface area contributed by atoms with Crippen molar-refractivity contribution >= 4 is 6.09 Å². The third-order valence-electron chi connectivity index (χ3n) is 3.74. The van der Waals surface area contributed by atoms with Crippen molar-refractivity contribution in [2.24, 2.45) is 0 Å². The average Bonchev–Trinajstić information content (AvgIpc) is 2.72. The molecule has 2 saturated heterocycles. The largest absolute Gasteiger partial charge is 0.444 e. The molecule has 2 aliphatic heterocycles. The van der Waals surface area contributed by atoms with Crippen molar-refractivity contribution in [2.45, 2.75) is 37.9 Å². The van der Waals surface area contributed by atoms with Crippen LogP contribution in [0.5, 0.6) is 0 Å².